The number of nitrogens with one attached hydrogen (secondary N) is 1. The fourth-order valence-electron chi connectivity index (χ4n) is 9.51. The third-order valence-corrected chi connectivity index (χ3v) is 13.6. The minimum absolute atomic E-state index is 0.000764. The third kappa shape index (κ3) is 9.28. The number of aliphatic hydroxyl groups is 3. The van der Waals surface area contributed by atoms with E-state index in [4.69, 9.17) is 36.6 Å². The quantitative estimate of drug-likeness (QED) is 0.0966. The zero-order valence-electron chi connectivity index (χ0n) is 45.6. The molecule has 4 heterocycles. The van der Waals surface area contributed by atoms with Crippen molar-refractivity contribution in [1.82, 2.24) is 9.88 Å². The Kier molecular flexibility index (Phi) is 12.1. The highest BCUT2D eigenvalue weighted by Gasteiger charge is 2.44. The second-order valence-corrected chi connectivity index (χ2v) is 18.4. The van der Waals surface area contributed by atoms with Crippen LogP contribution >= 0.6 is 0 Å². The average Bonchev–Trinajstić information content (AvgIpc) is 3.60. The van der Waals surface area contributed by atoms with Crippen molar-refractivity contribution in [3.05, 3.63) is 79.5 Å². The second-order valence-electron chi connectivity index (χ2n) is 18.4. The molecule has 5 N–H and O–H groups in total. The Morgan fingerprint density at radius 2 is 1.69 bits per heavy atom. The molecule has 1 fully saturated rings. The number of hydrogen-bond acceptors (Lipinski definition) is 16. The van der Waals surface area contributed by atoms with Crippen molar-refractivity contribution in [2.45, 2.75) is 99.3 Å². The molecule has 1 saturated heterocycles. The van der Waals surface area contributed by atoms with Crippen LogP contribution in [-0.4, -0.2) is 112 Å². The molecule has 0 saturated carbocycles. The van der Waals surface area contributed by atoms with Crippen molar-refractivity contribution in [3.8, 4) is 11.5 Å². The van der Waals surface area contributed by atoms with E-state index in [9.17, 15) is 39.6 Å². The van der Waals surface area contributed by atoms with Crippen LogP contribution in [0.15, 0.2) is 62.3 Å². The molecule has 1 unspecified atom stereocenters. The number of carbonyl (C=O) groups is 2. The van der Waals surface area contributed by atoms with Gasteiger partial charge in [0.25, 0.3) is 5.91 Å². The van der Waals surface area contributed by atoms with E-state index in [1.807, 2.05) is 4.90 Å². The van der Waals surface area contributed by atoms with Gasteiger partial charge in [-0.25, -0.2) is 4.98 Å². The minimum atomic E-state index is -2.72. The van der Waals surface area contributed by atoms with Crippen LogP contribution in [0, 0.1) is 36.5 Å². The van der Waals surface area contributed by atoms with Crippen molar-refractivity contribution in [2.24, 2.45) is 29.6 Å². The molecule has 5 bridgehead atoms. The number of rotatable bonds is 5. The summed E-state index contributed by atoms with van der Waals surface area (Å²) >= 11 is 0. The lowest BCUT2D eigenvalue weighted by Crippen LogP contribution is -2.47. The maximum absolute atomic E-state index is 14.9. The van der Waals surface area contributed by atoms with Crippen LogP contribution in [0.4, 0.5) is 11.4 Å². The smallest absolute Gasteiger partial charge is 0.307 e. The molecule has 0 aliphatic carbocycles. The summed E-state index contributed by atoms with van der Waals surface area (Å²) in [6.45, 7) is 7.79. The van der Waals surface area contributed by atoms with Gasteiger partial charge in [0.15, 0.2) is 22.4 Å². The number of anilines is 2. The van der Waals surface area contributed by atoms with Gasteiger partial charge < -0.3 is 54.0 Å². The van der Waals surface area contributed by atoms with Crippen LogP contribution in [0.1, 0.15) is 76.0 Å². The number of aromatic nitrogens is 1. The van der Waals surface area contributed by atoms with E-state index in [1.165, 1.54) is 71.4 Å². The molecule has 9 atom stereocenters. The van der Waals surface area contributed by atoms with E-state index in [2.05, 4.69) is 5.32 Å². The highest BCUT2D eigenvalue weighted by atomic mass is 16.7. The number of ether oxygens (including phenoxy) is 4. The maximum atomic E-state index is 14.9. The van der Waals surface area contributed by atoms with Gasteiger partial charge in [0.05, 0.1) is 35.2 Å². The molecule has 17 heteroatoms. The molecule has 1 aromatic heterocycles. The van der Waals surface area contributed by atoms with Crippen LogP contribution < -0.4 is 31.0 Å². The van der Waals surface area contributed by atoms with Gasteiger partial charge >= 0.3 is 11.8 Å². The Hall–Kier alpha value is -6.01. The van der Waals surface area contributed by atoms with E-state index in [0.29, 0.717) is 5.69 Å². The molecule has 17 nitrogen and oxygen atoms in total. The number of carbonyl (C=O) groups excluding carboxylic acids is 2. The van der Waals surface area contributed by atoms with E-state index in [1.54, 1.807) is 38.7 Å². The molecule has 3 aliphatic heterocycles. The number of allylic oxidation sites excluding steroid dienone is 2. The lowest BCUT2D eigenvalue weighted by molar-refractivity contribution is -0.160. The van der Waals surface area contributed by atoms with Crippen molar-refractivity contribution >= 4 is 62.0 Å². The minimum Gasteiger partial charge on any atom is -0.507 e. The van der Waals surface area contributed by atoms with Crippen LogP contribution in [-0.2, 0) is 23.8 Å². The number of nitrogens with zero attached hydrogens (tertiary/aromatic N) is 3. The highest BCUT2D eigenvalue weighted by molar-refractivity contribution is 6.16. The Morgan fingerprint density at radius 3 is 2.35 bits per heavy atom. The Balaban J connectivity index is 1.41. The molecular weight excluding hydrogens is 877 g/mol. The van der Waals surface area contributed by atoms with Gasteiger partial charge in [-0.15, -0.1) is 0 Å². The number of amides is 1. The molecule has 3 aliphatic rings. The van der Waals surface area contributed by atoms with Gasteiger partial charge in [0.1, 0.15) is 28.8 Å². The second kappa shape index (κ2) is 19.5. The Bertz CT molecular complexity index is 3120. The van der Waals surface area contributed by atoms with Crippen molar-refractivity contribution in [2.75, 3.05) is 50.1 Å². The summed E-state index contributed by atoms with van der Waals surface area (Å²) in [6, 6.07) is 2.83. The van der Waals surface area contributed by atoms with E-state index < -0.39 is 119 Å². The molecule has 4 aromatic rings. The molecule has 1 amide bonds. The van der Waals surface area contributed by atoms with Crippen LogP contribution in [0.25, 0.3) is 38.7 Å². The van der Waals surface area contributed by atoms with E-state index in [0.717, 1.165) is 0 Å². The fraction of sp³-hybridized carbons (Fsp3) is 0.510. The van der Waals surface area contributed by atoms with Crippen LogP contribution in [0.2, 0.25) is 0 Å². The molecule has 68 heavy (non-hydrogen) atoms. The summed E-state index contributed by atoms with van der Waals surface area (Å²) in [5, 5.41) is 49.1. The summed E-state index contributed by atoms with van der Waals surface area (Å²) in [6.07, 6.45) is 3.20. The standard InChI is InChI=1S/C51H64N4O13/c1-24(2)23-54-16-18-55(19-17-54)32-21-33(57)39-35(22-32)67-48-40(52-39)36-37-44(60)30(8)47-38(36)49(62)51(10,68-47)65-20-15-34(64-11)27(5)46(66-31(9)56)29(7)43(59)28(6)42(58)25(3)13-12-14-26(4)50(63)53-41(48)45(37)61/h12-15,20-22,24-25,27-29,34,42-43,46,58-60,62H,16-19,23H2,1-11H3,(H,53,63)/b13-12+,20-15+,26-14-/t25-,27-,28-,29-,34+,42-,43-,46-,51?/m0/s1/i1D3,2D3. The first-order chi connectivity index (χ1) is 34.5. The number of aliphatic hydroxyl groups excluding tert-OH is 3. The number of phenols is 1. The lowest BCUT2D eigenvalue weighted by atomic mass is 9.78. The number of esters is 1. The predicted molar refractivity (Wildman–Crippen MR) is 259 cm³/mol. The van der Waals surface area contributed by atoms with Crippen LogP contribution in [0.3, 0.4) is 0 Å². The molecule has 0 radical (unpaired) electrons. The average molecular weight is 947 g/mol. The topological polar surface area (TPSA) is 231 Å². The first-order valence-corrected chi connectivity index (χ1v) is 22.6. The van der Waals surface area contributed by atoms with Crippen molar-refractivity contribution < 1.29 is 61.6 Å². The molecular formula is C51H64N4O13. The third-order valence-electron chi connectivity index (χ3n) is 13.6. The van der Waals surface area contributed by atoms with Gasteiger partial charge in [-0.2, -0.15) is 0 Å². The fourth-order valence-corrected chi connectivity index (χ4v) is 9.51. The number of hydrogen-bond donors (Lipinski definition) is 5. The summed E-state index contributed by atoms with van der Waals surface area (Å²) in [7, 11) is 1.42. The summed E-state index contributed by atoms with van der Waals surface area (Å²) < 4.78 is 77.4. The zero-order chi connectivity index (χ0) is 54.7. The predicted octanol–water partition coefficient (Wildman–Crippen LogP) is 5.34. The first kappa shape index (κ1) is 42.1. The molecule has 366 valence electrons. The van der Waals surface area contributed by atoms with Gasteiger partial charge in [-0.05, 0) is 25.8 Å². The van der Waals surface area contributed by atoms with E-state index >= 15 is 0 Å². The largest absolute Gasteiger partial charge is 0.507 e. The van der Waals surface area contributed by atoms with Crippen molar-refractivity contribution in [3.63, 3.8) is 0 Å². The van der Waals surface area contributed by atoms with Gasteiger partial charge in [-0.1, -0.05) is 59.6 Å². The first-order valence-electron chi connectivity index (χ1n) is 25.6. The number of aromatic hydroxyl groups is 1. The summed E-state index contributed by atoms with van der Waals surface area (Å²) in [4.78, 5) is 64.0. The SMILES string of the molecule is [2H]C([2H])([2H])C(CN1CCN(c2cc(=O)c3nc4c(oc3c2)c2c(=O)c3c(O)c(C)c5c(c34)=C(O)C(C)(O/C=C/[C@@H](OC)[C@H](C)[C@H](OC(C)=O)[C@@H](C)[C@@H](O)[C@@H](C)[C@@H](O)[C@@H](C)/C=C/C=C(/C)C(=O)N2)O5)CC1)C([2H])([2H])[2H]. The number of piperazine rings is 1. The number of fused-ring (bicyclic) bond motifs is 5. The zero-order valence-corrected chi connectivity index (χ0v) is 39.6. The van der Waals surface area contributed by atoms with E-state index in [-0.39, 0.29) is 82.4 Å². The Labute approximate surface area is 402 Å². The lowest BCUT2D eigenvalue weighted by Gasteiger charge is -2.38. The maximum Gasteiger partial charge on any atom is 0.307 e. The monoisotopic (exact) mass is 946 g/mol. The molecule has 7 rings (SSSR count). The van der Waals surface area contributed by atoms with Gasteiger partial charge in [0.2, 0.25) is 10.9 Å². The van der Waals surface area contributed by atoms with Gasteiger partial charge in [-0.3, -0.25) is 24.1 Å². The number of phenolic OH excluding ortho intramolecular Hbond substituents is 1. The Morgan fingerprint density at radius 1 is 0.985 bits per heavy atom. The molecule has 0 spiro atoms. The van der Waals surface area contributed by atoms with Crippen molar-refractivity contribution in [1.29, 1.82) is 0 Å². The molecule has 3 aromatic carbocycles. The normalized spacial score (nSPS) is 31.2. The highest BCUT2D eigenvalue weighted by Crippen LogP contribution is 2.42. The number of benzene rings is 3. The van der Waals surface area contributed by atoms with Crippen LogP contribution in [0.5, 0.6) is 11.5 Å². The summed E-state index contributed by atoms with van der Waals surface area (Å²) in [5.74, 6) is -9.00. The summed E-state index contributed by atoms with van der Waals surface area (Å²) in [5.41, 5.74) is -2.49. The number of methoxy groups -OCH3 is 1. The van der Waals surface area contributed by atoms with Gasteiger partial charge in [0, 0.05) is 120 Å².